The zero-order valence-electron chi connectivity index (χ0n) is 13.5. The van der Waals surface area contributed by atoms with Gasteiger partial charge in [0.1, 0.15) is 6.04 Å². The van der Waals surface area contributed by atoms with Crippen LogP contribution < -0.4 is 11.1 Å². The number of rotatable bonds is 5. The summed E-state index contributed by atoms with van der Waals surface area (Å²) in [7, 11) is 0. The van der Waals surface area contributed by atoms with Gasteiger partial charge in [-0.05, 0) is 37.6 Å². The summed E-state index contributed by atoms with van der Waals surface area (Å²) in [6.45, 7) is 4.74. The van der Waals surface area contributed by atoms with E-state index in [-0.39, 0.29) is 18.2 Å². The van der Waals surface area contributed by atoms with Crippen LogP contribution in [0.1, 0.15) is 24.9 Å². The molecule has 0 saturated heterocycles. The Morgan fingerprint density at radius 1 is 1.48 bits per heavy atom. The summed E-state index contributed by atoms with van der Waals surface area (Å²) in [6, 6.07) is 10.1. The molecule has 0 bridgehead atoms. The van der Waals surface area contributed by atoms with Gasteiger partial charge in [0.2, 0.25) is 0 Å². The predicted octanol–water partition coefficient (Wildman–Crippen LogP) is 2.34. The van der Waals surface area contributed by atoms with E-state index < -0.39 is 0 Å². The molecule has 1 heterocycles. The number of aliphatic imine (C=N–C) groups is 1. The van der Waals surface area contributed by atoms with Crippen molar-refractivity contribution in [3.05, 3.63) is 48.3 Å². The highest BCUT2D eigenvalue weighted by molar-refractivity contribution is 5.92. The zero-order valence-corrected chi connectivity index (χ0v) is 13.5. The average molecular weight is 313 g/mol. The molecule has 2 aromatic rings. The van der Waals surface area contributed by atoms with Gasteiger partial charge in [-0.25, -0.2) is 4.99 Å². The fourth-order valence-corrected chi connectivity index (χ4v) is 2.96. The molecule has 6 heteroatoms. The Kier molecular flexibility index (Phi) is 4.62. The van der Waals surface area contributed by atoms with Crippen molar-refractivity contribution in [2.45, 2.75) is 38.5 Å². The molecular weight excluding hydrogens is 290 g/mol. The van der Waals surface area contributed by atoms with Crippen molar-refractivity contribution in [1.29, 1.82) is 0 Å². The third-order valence-corrected chi connectivity index (χ3v) is 4.06. The second-order valence-electron chi connectivity index (χ2n) is 5.78. The molecular formula is C17H23N5O. The van der Waals surface area contributed by atoms with Crippen molar-refractivity contribution in [3.63, 3.8) is 0 Å². The Hall–Kier alpha value is -2.34. The number of hydrogen-bond donors (Lipinski definition) is 2. The van der Waals surface area contributed by atoms with E-state index in [0.717, 1.165) is 12.1 Å². The highest BCUT2D eigenvalue weighted by atomic mass is 16.5. The van der Waals surface area contributed by atoms with E-state index in [1.807, 2.05) is 55.1 Å². The molecule has 3 unspecified atom stereocenters. The molecule has 1 saturated carbocycles. The number of aryl methyl sites for hydroxylation is 1. The Labute approximate surface area is 136 Å². The fourth-order valence-electron chi connectivity index (χ4n) is 2.96. The molecule has 23 heavy (non-hydrogen) atoms. The van der Waals surface area contributed by atoms with E-state index in [4.69, 9.17) is 10.5 Å². The predicted molar refractivity (Wildman–Crippen MR) is 91.5 cm³/mol. The molecule has 0 aliphatic heterocycles. The van der Waals surface area contributed by atoms with Crippen LogP contribution in [0.3, 0.4) is 0 Å². The summed E-state index contributed by atoms with van der Waals surface area (Å²) in [5.74, 6) is 0.424. The largest absolute Gasteiger partial charge is 0.376 e. The summed E-state index contributed by atoms with van der Waals surface area (Å²) in [4.78, 5) is 4.62. The number of nitrogens with zero attached hydrogens (tertiary/aromatic N) is 3. The van der Waals surface area contributed by atoms with Crippen LogP contribution in [-0.4, -0.2) is 34.5 Å². The smallest absolute Gasteiger partial charge is 0.193 e. The summed E-state index contributed by atoms with van der Waals surface area (Å²) in [5, 5.41) is 7.48. The first kappa shape index (κ1) is 15.6. The zero-order chi connectivity index (χ0) is 16.2. The standard InChI is InChI=1S/C17H23N5O/c1-3-23-15-11-14(16(15)22-9-5-8-19-22)21-17(18)20-13-7-4-6-12(2)10-13/h4-10,14-16H,3,11H2,1-2H3,(H3,18,20,21). The lowest BCUT2D eigenvalue weighted by Gasteiger charge is -2.42. The Balaban J connectivity index is 1.70. The second kappa shape index (κ2) is 6.83. The lowest BCUT2D eigenvalue weighted by atomic mass is 9.83. The van der Waals surface area contributed by atoms with Gasteiger partial charge >= 0.3 is 0 Å². The highest BCUT2D eigenvalue weighted by Gasteiger charge is 2.43. The molecule has 0 amide bonds. The van der Waals surface area contributed by atoms with Gasteiger partial charge in [0, 0.05) is 31.1 Å². The minimum absolute atomic E-state index is 0.0729. The maximum absolute atomic E-state index is 6.07. The van der Waals surface area contributed by atoms with Crippen molar-refractivity contribution >= 4 is 11.6 Å². The lowest BCUT2D eigenvalue weighted by molar-refractivity contribution is -0.0505. The third kappa shape index (κ3) is 3.53. The van der Waals surface area contributed by atoms with Crippen molar-refractivity contribution in [2.24, 2.45) is 10.7 Å². The van der Waals surface area contributed by atoms with Crippen molar-refractivity contribution in [1.82, 2.24) is 9.78 Å². The van der Waals surface area contributed by atoms with E-state index in [1.54, 1.807) is 6.20 Å². The topological polar surface area (TPSA) is 77.5 Å². The van der Waals surface area contributed by atoms with Gasteiger partial charge in [-0.1, -0.05) is 12.1 Å². The molecule has 3 N–H and O–H groups in total. The number of anilines is 1. The number of aromatic nitrogens is 2. The van der Waals surface area contributed by atoms with Crippen LogP contribution >= 0.6 is 0 Å². The molecule has 0 radical (unpaired) electrons. The average Bonchev–Trinajstić information content (AvgIpc) is 2.99. The Morgan fingerprint density at radius 2 is 2.35 bits per heavy atom. The van der Waals surface area contributed by atoms with Crippen LogP contribution in [0.15, 0.2) is 47.7 Å². The first-order chi connectivity index (χ1) is 11.2. The van der Waals surface area contributed by atoms with Gasteiger partial charge in [-0.2, -0.15) is 5.10 Å². The number of guanidine groups is 1. The number of hydrogen-bond acceptors (Lipinski definition) is 3. The van der Waals surface area contributed by atoms with Crippen LogP contribution in [0, 0.1) is 6.92 Å². The molecule has 6 nitrogen and oxygen atoms in total. The van der Waals surface area contributed by atoms with Crippen LogP contribution in [-0.2, 0) is 4.74 Å². The lowest BCUT2D eigenvalue weighted by Crippen LogP contribution is -2.49. The van der Waals surface area contributed by atoms with Crippen molar-refractivity contribution in [2.75, 3.05) is 11.9 Å². The Bertz CT molecular complexity index is 667. The minimum atomic E-state index is 0.0729. The quantitative estimate of drug-likeness (QED) is 0.656. The summed E-state index contributed by atoms with van der Waals surface area (Å²) in [6.07, 6.45) is 4.72. The van der Waals surface area contributed by atoms with E-state index in [9.17, 15) is 0 Å². The van der Waals surface area contributed by atoms with Gasteiger partial charge < -0.3 is 15.8 Å². The minimum Gasteiger partial charge on any atom is -0.376 e. The monoisotopic (exact) mass is 313 g/mol. The number of benzene rings is 1. The number of nitrogens with two attached hydrogens (primary N) is 1. The molecule has 1 fully saturated rings. The van der Waals surface area contributed by atoms with Crippen LogP contribution in [0.5, 0.6) is 0 Å². The van der Waals surface area contributed by atoms with Gasteiger partial charge in [0.25, 0.3) is 0 Å². The SMILES string of the molecule is CCOC1CC(N=C(N)Nc2cccc(C)c2)C1n1cccn1. The first-order valence-corrected chi connectivity index (χ1v) is 7.95. The molecule has 1 aliphatic carbocycles. The summed E-state index contributed by atoms with van der Waals surface area (Å²) in [5.41, 5.74) is 8.19. The third-order valence-electron chi connectivity index (χ3n) is 4.06. The van der Waals surface area contributed by atoms with Gasteiger partial charge in [-0.3, -0.25) is 4.68 Å². The first-order valence-electron chi connectivity index (χ1n) is 7.95. The van der Waals surface area contributed by atoms with Crippen molar-refractivity contribution < 1.29 is 4.74 Å². The van der Waals surface area contributed by atoms with Crippen LogP contribution in [0.4, 0.5) is 5.69 Å². The maximum atomic E-state index is 6.07. The normalized spacial score (nSPS) is 24.3. The van der Waals surface area contributed by atoms with Gasteiger partial charge in [0.05, 0.1) is 12.1 Å². The molecule has 0 spiro atoms. The van der Waals surface area contributed by atoms with Gasteiger partial charge in [-0.15, -0.1) is 0 Å². The number of ether oxygens (including phenoxy) is 1. The van der Waals surface area contributed by atoms with E-state index in [2.05, 4.69) is 15.4 Å². The van der Waals surface area contributed by atoms with Crippen LogP contribution in [0.25, 0.3) is 0 Å². The molecule has 1 aromatic carbocycles. The second-order valence-corrected chi connectivity index (χ2v) is 5.78. The molecule has 1 aliphatic rings. The van der Waals surface area contributed by atoms with Crippen molar-refractivity contribution in [3.8, 4) is 0 Å². The van der Waals surface area contributed by atoms with E-state index >= 15 is 0 Å². The molecule has 3 atom stereocenters. The molecule has 122 valence electrons. The fraction of sp³-hybridized carbons (Fsp3) is 0.412. The van der Waals surface area contributed by atoms with Gasteiger partial charge in [0.15, 0.2) is 5.96 Å². The van der Waals surface area contributed by atoms with E-state index in [1.165, 1.54) is 5.56 Å². The van der Waals surface area contributed by atoms with Crippen LogP contribution in [0.2, 0.25) is 0 Å². The molecule has 3 rings (SSSR count). The maximum Gasteiger partial charge on any atom is 0.193 e. The summed E-state index contributed by atoms with van der Waals surface area (Å²) >= 11 is 0. The molecule has 1 aromatic heterocycles. The highest BCUT2D eigenvalue weighted by Crippen LogP contribution is 2.37. The number of nitrogens with one attached hydrogen (secondary N) is 1. The summed E-state index contributed by atoms with van der Waals surface area (Å²) < 4.78 is 7.68. The van der Waals surface area contributed by atoms with E-state index in [0.29, 0.717) is 12.6 Å². The Morgan fingerprint density at radius 3 is 3.04 bits per heavy atom.